The van der Waals surface area contributed by atoms with Crippen LogP contribution in [-0.2, 0) is 4.74 Å². The normalized spacial score (nSPS) is 26.0. The fourth-order valence-corrected chi connectivity index (χ4v) is 4.50. The van der Waals surface area contributed by atoms with Crippen LogP contribution in [0.25, 0.3) is 0 Å². The molecule has 2 atom stereocenters. The first-order chi connectivity index (χ1) is 12.3. The molecule has 2 aliphatic heterocycles. The van der Waals surface area contributed by atoms with Crippen molar-refractivity contribution in [1.29, 1.82) is 0 Å². The van der Waals surface area contributed by atoms with Gasteiger partial charge in [-0.1, -0.05) is 53.7 Å². The number of nitrogens with one attached hydrogen (secondary N) is 1. The standard InChI is InChI=1S/C23H35NO2/c1-13(2)16-9-20(14(3)4)22(21(10-16)15(5)6)23(25)17-7-18-11-26-12-19(8-17)24-18/h9-10,13-15,17-19,24H,7-8,11-12H2,1-6H3. The van der Waals surface area contributed by atoms with E-state index >= 15 is 0 Å². The summed E-state index contributed by atoms with van der Waals surface area (Å²) in [5.74, 6) is 1.68. The minimum atomic E-state index is 0.120. The highest BCUT2D eigenvalue weighted by molar-refractivity contribution is 6.01. The molecule has 1 N–H and O–H groups in total. The van der Waals surface area contributed by atoms with Gasteiger partial charge in [0.25, 0.3) is 0 Å². The summed E-state index contributed by atoms with van der Waals surface area (Å²) < 4.78 is 5.66. The predicted molar refractivity (Wildman–Crippen MR) is 107 cm³/mol. The molecular weight excluding hydrogens is 322 g/mol. The number of rotatable bonds is 5. The van der Waals surface area contributed by atoms with Crippen LogP contribution >= 0.6 is 0 Å². The molecule has 3 nitrogen and oxygen atoms in total. The molecule has 1 aromatic rings. The third kappa shape index (κ3) is 3.89. The summed E-state index contributed by atoms with van der Waals surface area (Å²) in [4.78, 5) is 13.7. The highest BCUT2D eigenvalue weighted by atomic mass is 16.5. The minimum absolute atomic E-state index is 0.120. The van der Waals surface area contributed by atoms with E-state index in [4.69, 9.17) is 4.74 Å². The minimum Gasteiger partial charge on any atom is -0.378 e. The SMILES string of the molecule is CC(C)c1cc(C(C)C)c(C(=O)C2CC3COCC(C2)N3)c(C(C)C)c1. The molecular formula is C23H35NO2. The molecule has 2 saturated heterocycles. The number of ketones is 1. The molecule has 2 unspecified atom stereocenters. The number of benzene rings is 1. The Hall–Kier alpha value is -1.19. The Morgan fingerprint density at radius 2 is 1.42 bits per heavy atom. The largest absolute Gasteiger partial charge is 0.378 e. The van der Waals surface area contributed by atoms with Gasteiger partial charge in [0.2, 0.25) is 0 Å². The fourth-order valence-electron chi connectivity index (χ4n) is 4.50. The number of piperidine rings is 1. The van der Waals surface area contributed by atoms with Gasteiger partial charge in [-0.3, -0.25) is 4.79 Å². The van der Waals surface area contributed by atoms with Crippen molar-refractivity contribution in [2.24, 2.45) is 5.92 Å². The van der Waals surface area contributed by atoms with E-state index in [2.05, 4.69) is 59.0 Å². The maximum atomic E-state index is 13.7. The van der Waals surface area contributed by atoms with Gasteiger partial charge in [-0.2, -0.15) is 0 Å². The molecule has 3 heteroatoms. The molecule has 2 heterocycles. The van der Waals surface area contributed by atoms with E-state index in [9.17, 15) is 4.79 Å². The molecule has 144 valence electrons. The van der Waals surface area contributed by atoms with Crippen LogP contribution in [-0.4, -0.2) is 31.1 Å². The van der Waals surface area contributed by atoms with Gasteiger partial charge in [-0.25, -0.2) is 0 Å². The lowest BCUT2D eigenvalue weighted by Gasteiger charge is -2.40. The Morgan fingerprint density at radius 1 is 0.923 bits per heavy atom. The van der Waals surface area contributed by atoms with Gasteiger partial charge < -0.3 is 10.1 Å². The highest BCUT2D eigenvalue weighted by Gasteiger charge is 2.37. The quantitative estimate of drug-likeness (QED) is 0.753. The van der Waals surface area contributed by atoms with Gasteiger partial charge in [0.1, 0.15) is 0 Å². The number of fused-ring (bicyclic) bond motifs is 2. The molecule has 0 radical (unpaired) electrons. The van der Waals surface area contributed by atoms with E-state index in [0.717, 1.165) is 31.6 Å². The van der Waals surface area contributed by atoms with Crippen molar-refractivity contribution in [3.05, 3.63) is 34.4 Å². The molecule has 0 saturated carbocycles. The lowest BCUT2D eigenvalue weighted by Crippen LogP contribution is -2.55. The lowest BCUT2D eigenvalue weighted by atomic mass is 9.76. The maximum Gasteiger partial charge on any atom is 0.166 e. The summed E-state index contributed by atoms with van der Waals surface area (Å²) in [6, 6.07) is 5.24. The number of carbonyl (C=O) groups is 1. The number of morpholine rings is 1. The molecule has 0 aromatic heterocycles. The zero-order valence-electron chi connectivity index (χ0n) is 17.3. The average molecular weight is 358 g/mol. The number of ether oxygens (including phenoxy) is 1. The van der Waals surface area contributed by atoms with Crippen LogP contribution < -0.4 is 5.32 Å². The second kappa shape index (κ2) is 7.82. The Labute approximate surface area is 158 Å². The first-order valence-corrected chi connectivity index (χ1v) is 10.3. The number of carbonyl (C=O) groups excluding carboxylic acids is 1. The summed E-state index contributed by atoms with van der Waals surface area (Å²) in [5, 5.41) is 3.61. The Kier molecular flexibility index (Phi) is 5.88. The van der Waals surface area contributed by atoms with Crippen molar-refractivity contribution in [1.82, 2.24) is 5.32 Å². The van der Waals surface area contributed by atoms with Crippen molar-refractivity contribution < 1.29 is 9.53 Å². The van der Waals surface area contributed by atoms with Gasteiger partial charge in [-0.15, -0.1) is 0 Å². The van der Waals surface area contributed by atoms with Crippen molar-refractivity contribution in [3.8, 4) is 0 Å². The maximum absolute atomic E-state index is 13.7. The molecule has 1 aromatic carbocycles. The Balaban J connectivity index is 2.03. The Bertz CT molecular complexity index is 621. The molecule has 2 bridgehead atoms. The Morgan fingerprint density at radius 3 is 1.85 bits per heavy atom. The van der Waals surface area contributed by atoms with Crippen LogP contribution in [0.1, 0.15) is 99.2 Å². The predicted octanol–water partition coefficient (Wildman–Crippen LogP) is 5.01. The molecule has 0 spiro atoms. The number of hydrogen-bond acceptors (Lipinski definition) is 3. The summed E-state index contributed by atoms with van der Waals surface area (Å²) in [6.07, 6.45) is 1.80. The van der Waals surface area contributed by atoms with Crippen molar-refractivity contribution in [2.75, 3.05) is 13.2 Å². The molecule has 0 aliphatic carbocycles. The summed E-state index contributed by atoms with van der Waals surface area (Å²) in [6.45, 7) is 14.8. The smallest absolute Gasteiger partial charge is 0.166 e. The van der Waals surface area contributed by atoms with Gasteiger partial charge >= 0.3 is 0 Å². The fraction of sp³-hybridized carbons (Fsp3) is 0.696. The summed E-state index contributed by atoms with van der Waals surface area (Å²) in [7, 11) is 0. The zero-order valence-corrected chi connectivity index (χ0v) is 17.3. The molecule has 2 fully saturated rings. The molecule has 26 heavy (non-hydrogen) atoms. The van der Waals surface area contributed by atoms with E-state index in [1.54, 1.807) is 0 Å². The van der Waals surface area contributed by atoms with Crippen LogP contribution in [0, 0.1) is 5.92 Å². The second-order valence-corrected chi connectivity index (χ2v) is 9.17. The van der Waals surface area contributed by atoms with Crippen LogP contribution in [0.2, 0.25) is 0 Å². The van der Waals surface area contributed by atoms with Crippen LogP contribution in [0.15, 0.2) is 12.1 Å². The van der Waals surface area contributed by atoms with E-state index in [-0.39, 0.29) is 5.92 Å². The first-order valence-electron chi connectivity index (χ1n) is 10.3. The van der Waals surface area contributed by atoms with Crippen molar-refractivity contribution in [2.45, 2.75) is 84.2 Å². The van der Waals surface area contributed by atoms with E-state index in [0.29, 0.717) is 35.6 Å². The van der Waals surface area contributed by atoms with Crippen LogP contribution in [0.5, 0.6) is 0 Å². The van der Waals surface area contributed by atoms with Crippen LogP contribution in [0.4, 0.5) is 0 Å². The van der Waals surface area contributed by atoms with E-state index in [1.165, 1.54) is 16.7 Å². The van der Waals surface area contributed by atoms with E-state index < -0.39 is 0 Å². The van der Waals surface area contributed by atoms with Crippen molar-refractivity contribution >= 4 is 5.78 Å². The topological polar surface area (TPSA) is 38.3 Å². The zero-order chi connectivity index (χ0) is 19.0. The summed E-state index contributed by atoms with van der Waals surface area (Å²) in [5.41, 5.74) is 4.85. The van der Waals surface area contributed by atoms with Gasteiger partial charge in [0, 0.05) is 23.6 Å². The molecule has 0 amide bonds. The molecule has 2 aliphatic rings. The van der Waals surface area contributed by atoms with Crippen LogP contribution in [0.3, 0.4) is 0 Å². The average Bonchev–Trinajstić information content (AvgIpc) is 2.59. The second-order valence-electron chi connectivity index (χ2n) is 9.17. The number of Topliss-reactive ketones (excluding diaryl/α,β-unsaturated/α-hetero) is 1. The van der Waals surface area contributed by atoms with Gasteiger partial charge in [-0.05, 0) is 47.3 Å². The first kappa shape index (κ1) is 19.6. The van der Waals surface area contributed by atoms with Gasteiger partial charge in [0.05, 0.1) is 13.2 Å². The third-order valence-corrected chi connectivity index (χ3v) is 6.00. The van der Waals surface area contributed by atoms with E-state index in [1.807, 2.05) is 0 Å². The summed E-state index contributed by atoms with van der Waals surface area (Å²) >= 11 is 0. The third-order valence-electron chi connectivity index (χ3n) is 6.00. The lowest BCUT2D eigenvalue weighted by molar-refractivity contribution is 0.00948. The number of hydrogen-bond donors (Lipinski definition) is 1. The molecule has 3 rings (SSSR count). The van der Waals surface area contributed by atoms with Gasteiger partial charge in [0.15, 0.2) is 5.78 Å². The monoisotopic (exact) mass is 357 g/mol. The highest BCUT2D eigenvalue weighted by Crippen LogP contribution is 2.36. The van der Waals surface area contributed by atoms with Crippen molar-refractivity contribution in [3.63, 3.8) is 0 Å².